The molecule has 0 amide bonds. The Balaban J connectivity index is 1.40. The van der Waals surface area contributed by atoms with Crippen molar-refractivity contribution in [2.45, 2.75) is 49.4 Å². The van der Waals surface area contributed by atoms with Crippen LogP contribution in [0.3, 0.4) is 0 Å². The first-order valence-electron chi connectivity index (χ1n) is 14.0. The van der Waals surface area contributed by atoms with Crippen LogP contribution in [0.15, 0.2) is 84.9 Å². The standard InChI is InChI=1S/C35H29ClO/c36-24-16-30(34-18-21-13-22(19-34)15-23(14-21)20-34)33-31(17-24)35(29-11-5-6-12-32(29)37-33)27-9-3-1-7-25(27)26-8-2-4-10-28(26)35/h1-12,16-17,21-23H,13-15,18-20H2. The molecular formula is C35H29ClO. The molecule has 1 heterocycles. The second-order valence-electron chi connectivity index (χ2n) is 12.5. The summed E-state index contributed by atoms with van der Waals surface area (Å²) in [7, 11) is 0. The van der Waals surface area contributed by atoms with Gasteiger partial charge in [0.05, 0.1) is 5.41 Å². The van der Waals surface area contributed by atoms with Gasteiger partial charge in [0.15, 0.2) is 0 Å². The molecule has 4 aromatic carbocycles. The molecule has 1 nitrogen and oxygen atoms in total. The summed E-state index contributed by atoms with van der Waals surface area (Å²) in [5.74, 6) is 4.64. The van der Waals surface area contributed by atoms with Gasteiger partial charge in [0, 0.05) is 21.7 Å². The van der Waals surface area contributed by atoms with Crippen molar-refractivity contribution in [1.82, 2.24) is 0 Å². The van der Waals surface area contributed by atoms with Gasteiger partial charge in [0.25, 0.3) is 0 Å². The first kappa shape index (κ1) is 21.0. The van der Waals surface area contributed by atoms with E-state index in [1.807, 2.05) is 0 Å². The first-order chi connectivity index (χ1) is 18.2. The Kier molecular flexibility index (Phi) is 4.01. The van der Waals surface area contributed by atoms with E-state index < -0.39 is 5.41 Å². The zero-order valence-corrected chi connectivity index (χ0v) is 21.6. The van der Waals surface area contributed by atoms with E-state index in [1.165, 1.54) is 77.5 Å². The number of ether oxygens (including phenoxy) is 1. The lowest BCUT2D eigenvalue weighted by Crippen LogP contribution is -2.49. The minimum absolute atomic E-state index is 0.189. The van der Waals surface area contributed by atoms with Crippen LogP contribution in [0.4, 0.5) is 0 Å². The molecule has 4 aromatic rings. The van der Waals surface area contributed by atoms with Crippen LogP contribution >= 0.6 is 11.6 Å². The van der Waals surface area contributed by atoms with Crippen molar-refractivity contribution in [3.05, 3.63) is 118 Å². The summed E-state index contributed by atoms with van der Waals surface area (Å²) >= 11 is 7.11. The maximum Gasteiger partial charge on any atom is 0.136 e. The molecule has 4 bridgehead atoms. The zero-order valence-electron chi connectivity index (χ0n) is 20.8. The third-order valence-corrected chi connectivity index (χ3v) is 10.7. The maximum atomic E-state index is 7.11. The van der Waals surface area contributed by atoms with Crippen LogP contribution in [0.1, 0.15) is 66.3 Å². The minimum atomic E-state index is -0.431. The molecule has 4 saturated carbocycles. The Morgan fingerprint density at radius 2 is 1.11 bits per heavy atom. The van der Waals surface area contributed by atoms with Gasteiger partial charge in [0.2, 0.25) is 0 Å². The van der Waals surface area contributed by atoms with Crippen molar-refractivity contribution in [3.8, 4) is 22.6 Å². The highest BCUT2D eigenvalue weighted by atomic mass is 35.5. The van der Waals surface area contributed by atoms with E-state index in [0.717, 1.165) is 34.3 Å². The Hall–Kier alpha value is -3.03. The number of fused-ring (bicyclic) bond motifs is 9. The third kappa shape index (κ3) is 2.57. The van der Waals surface area contributed by atoms with Crippen molar-refractivity contribution in [3.63, 3.8) is 0 Å². The molecule has 0 radical (unpaired) electrons. The van der Waals surface area contributed by atoms with Gasteiger partial charge in [-0.2, -0.15) is 0 Å². The molecule has 0 N–H and O–H groups in total. The molecule has 0 saturated heterocycles. The minimum Gasteiger partial charge on any atom is -0.456 e. The lowest BCUT2D eigenvalue weighted by atomic mass is 9.47. The molecule has 0 aromatic heterocycles. The van der Waals surface area contributed by atoms with E-state index in [2.05, 4.69) is 84.9 Å². The van der Waals surface area contributed by atoms with E-state index in [9.17, 15) is 0 Å². The Morgan fingerprint density at radius 3 is 1.73 bits per heavy atom. The fraction of sp³-hybridized carbons (Fsp3) is 0.314. The second kappa shape index (κ2) is 7.08. The highest BCUT2D eigenvalue weighted by Crippen LogP contribution is 2.67. The zero-order chi connectivity index (χ0) is 24.4. The van der Waals surface area contributed by atoms with Crippen LogP contribution in [-0.2, 0) is 10.8 Å². The molecule has 182 valence electrons. The number of hydrogen-bond acceptors (Lipinski definition) is 1. The van der Waals surface area contributed by atoms with E-state index in [0.29, 0.717) is 0 Å². The third-order valence-electron chi connectivity index (χ3n) is 10.5. The summed E-state index contributed by atoms with van der Waals surface area (Å²) in [6.07, 6.45) is 8.15. The number of para-hydroxylation sites is 1. The van der Waals surface area contributed by atoms with Crippen molar-refractivity contribution in [2.24, 2.45) is 17.8 Å². The van der Waals surface area contributed by atoms with E-state index in [4.69, 9.17) is 16.3 Å². The summed E-state index contributed by atoms with van der Waals surface area (Å²) in [5.41, 5.74) is 8.90. The molecule has 6 aliphatic rings. The van der Waals surface area contributed by atoms with Gasteiger partial charge in [-0.05, 0) is 102 Å². The van der Waals surface area contributed by atoms with Crippen LogP contribution in [0.5, 0.6) is 11.5 Å². The molecule has 10 rings (SSSR count). The predicted octanol–water partition coefficient (Wildman–Crippen LogP) is 9.28. The quantitative estimate of drug-likeness (QED) is 0.218. The number of benzene rings is 4. The Bertz CT molecular complexity index is 1530. The molecule has 0 atom stereocenters. The van der Waals surface area contributed by atoms with E-state index in [1.54, 1.807) is 0 Å². The van der Waals surface area contributed by atoms with Crippen LogP contribution in [0.25, 0.3) is 11.1 Å². The predicted molar refractivity (Wildman–Crippen MR) is 149 cm³/mol. The normalized spacial score (nSPS) is 28.8. The summed E-state index contributed by atoms with van der Waals surface area (Å²) < 4.78 is 7.01. The molecule has 37 heavy (non-hydrogen) atoms. The molecule has 1 spiro atoms. The summed E-state index contributed by atoms with van der Waals surface area (Å²) in [4.78, 5) is 0. The van der Waals surface area contributed by atoms with Gasteiger partial charge in [0.1, 0.15) is 11.5 Å². The van der Waals surface area contributed by atoms with Gasteiger partial charge in [-0.1, -0.05) is 78.3 Å². The Morgan fingerprint density at radius 1 is 0.595 bits per heavy atom. The van der Waals surface area contributed by atoms with E-state index in [-0.39, 0.29) is 5.41 Å². The molecular weight excluding hydrogens is 472 g/mol. The average molecular weight is 501 g/mol. The van der Waals surface area contributed by atoms with Gasteiger partial charge in [-0.25, -0.2) is 0 Å². The molecule has 2 heteroatoms. The van der Waals surface area contributed by atoms with Crippen molar-refractivity contribution < 1.29 is 4.74 Å². The highest BCUT2D eigenvalue weighted by molar-refractivity contribution is 6.30. The summed E-state index contributed by atoms with van der Waals surface area (Å²) in [5, 5.41) is 0.841. The first-order valence-corrected chi connectivity index (χ1v) is 14.3. The van der Waals surface area contributed by atoms with Crippen LogP contribution in [0.2, 0.25) is 5.02 Å². The molecule has 1 aliphatic heterocycles. The molecule has 0 unspecified atom stereocenters. The SMILES string of the molecule is Clc1cc(C23CC4CC(CC(C4)C2)C3)c2c(c1)C1(c3ccccc3O2)c2ccccc2-c2ccccc21. The summed E-state index contributed by atoms with van der Waals surface area (Å²) in [6.45, 7) is 0. The van der Waals surface area contributed by atoms with Crippen molar-refractivity contribution in [1.29, 1.82) is 0 Å². The lowest BCUT2D eigenvalue weighted by molar-refractivity contribution is -0.00610. The Labute approximate surface area is 223 Å². The molecule has 4 fully saturated rings. The van der Waals surface area contributed by atoms with Gasteiger partial charge < -0.3 is 4.74 Å². The fourth-order valence-corrected chi connectivity index (χ4v) is 9.97. The monoisotopic (exact) mass is 500 g/mol. The van der Waals surface area contributed by atoms with Crippen LogP contribution in [-0.4, -0.2) is 0 Å². The van der Waals surface area contributed by atoms with Crippen LogP contribution in [0, 0.1) is 17.8 Å². The number of rotatable bonds is 1. The smallest absolute Gasteiger partial charge is 0.136 e. The van der Waals surface area contributed by atoms with Crippen LogP contribution < -0.4 is 4.74 Å². The second-order valence-corrected chi connectivity index (χ2v) is 12.9. The lowest BCUT2D eigenvalue weighted by Gasteiger charge is -2.57. The van der Waals surface area contributed by atoms with Gasteiger partial charge >= 0.3 is 0 Å². The average Bonchev–Trinajstić information content (AvgIpc) is 3.20. The maximum absolute atomic E-state index is 7.11. The summed E-state index contributed by atoms with van der Waals surface area (Å²) in [6, 6.07) is 31.1. The highest BCUT2D eigenvalue weighted by Gasteiger charge is 2.56. The van der Waals surface area contributed by atoms with E-state index >= 15 is 0 Å². The number of hydrogen-bond donors (Lipinski definition) is 0. The van der Waals surface area contributed by atoms with Crippen molar-refractivity contribution >= 4 is 11.6 Å². The molecule has 5 aliphatic carbocycles. The number of halogens is 1. The topological polar surface area (TPSA) is 9.23 Å². The fourth-order valence-electron chi connectivity index (χ4n) is 9.75. The van der Waals surface area contributed by atoms with Gasteiger partial charge in [-0.3, -0.25) is 0 Å². The van der Waals surface area contributed by atoms with Gasteiger partial charge in [-0.15, -0.1) is 0 Å². The van der Waals surface area contributed by atoms with Crippen molar-refractivity contribution in [2.75, 3.05) is 0 Å². The largest absolute Gasteiger partial charge is 0.456 e.